The van der Waals surface area contributed by atoms with Gasteiger partial charge < -0.3 is 14.0 Å². The number of aromatic nitrogens is 1. The third kappa shape index (κ3) is 7.72. The van der Waals surface area contributed by atoms with Crippen molar-refractivity contribution in [3.63, 3.8) is 0 Å². The zero-order valence-electron chi connectivity index (χ0n) is 24.5. The minimum Gasteiger partial charge on any atom is -0.458 e. The SMILES string of the molecule is Cc1c(C(=O)Oc2ccc(S(C)(=O)=O)cc2)cn(CCOC(=O)C(=O)c2ccc(S(C)(=O)=O)cc2)c1-c1ccccc1C(F)(F)F. The summed E-state index contributed by atoms with van der Waals surface area (Å²) in [4.78, 5) is 38.1. The third-order valence-corrected chi connectivity index (χ3v) is 9.05. The van der Waals surface area contributed by atoms with Crippen molar-refractivity contribution in [2.75, 3.05) is 19.1 Å². The first-order chi connectivity index (χ1) is 21.4. The Morgan fingerprint density at radius 2 is 1.35 bits per heavy atom. The van der Waals surface area contributed by atoms with E-state index in [1.165, 1.54) is 60.2 Å². The number of sulfone groups is 2. The van der Waals surface area contributed by atoms with E-state index in [2.05, 4.69) is 0 Å². The second kappa shape index (κ2) is 12.9. The Kier molecular flexibility index (Phi) is 9.59. The fraction of sp³-hybridized carbons (Fsp3) is 0.194. The van der Waals surface area contributed by atoms with Crippen LogP contribution in [-0.4, -0.2) is 58.2 Å². The van der Waals surface area contributed by atoms with Gasteiger partial charge in [-0.15, -0.1) is 0 Å². The number of carbonyl (C=O) groups excluding carboxylic acids is 3. The molecule has 0 aliphatic rings. The quantitative estimate of drug-likeness (QED) is 0.0988. The van der Waals surface area contributed by atoms with Crippen molar-refractivity contribution in [1.29, 1.82) is 0 Å². The number of nitrogens with zero attached hydrogens (tertiary/aromatic N) is 1. The summed E-state index contributed by atoms with van der Waals surface area (Å²) < 4.78 is 100. The Balaban J connectivity index is 1.61. The minimum absolute atomic E-state index is 0.0142. The normalized spacial score (nSPS) is 12.0. The number of hydrogen-bond donors (Lipinski definition) is 0. The van der Waals surface area contributed by atoms with Crippen molar-refractivity contribution in [3.8, 4) is 17.0 Å². The number of rotatable bonds is 10. The molecule has 0 N–H and O–H groups in total. The van der Waals surface area contributed by atoms with E-state index in [9.17, 15) is 44.4 Å². The number of Topliss-reactive ketones (excluding diaryl/α,β-unsaturated/α-hetero) is 1. The first-order valence-corrected chi connectivity index (χ1v) is 17.1. The largest absolute Gasteiger partial charge is 0.458 e. The maximum absolute atomic E-state index is 14.0. The lowest BCUT2D eigenvalue weighted by atomic mass is 10.00. The van der Waals surface area contributed by atoms with E-state index in [4.69, 9.17) is 9.47 Å². The van der Waals surface area contributed by atoms with Gasteiger partial charge in [0.05, 0.1) is 33.2 Å². The van der Waals surface area contributed by atoms with Gasteiger partial charge in [0.2, 0.25) is 0 Å². The molecular weight excluding hydrogens is 651 g/mol. The predicted molar refractivity (Wildman–Crippen MR) is 159 cm³/mol. The molecule has 4 aromatic rings. The molecule has 0 spiro atoms. The van der Waals surface area contributed by atoms with Gasteiger partial charge in [-0.05, 0) is 67.1 Å². The summed E-state index contributed by atoms with van der Waals surface area (Å²) in [5.74, 6) is -3.32. The lowest BCUT2D eigenvalue weighted by Crippen LogP contribution is -2.20. The number of ether oxygens (including phenoxy) is 2. The topological polar surface area (TPSA) is 143 Å². The molecule has 0 radical (unpaired) electrons. The number of halogens is 3. The number of carbonyl (C=O) groups is 3. The summed E-state index contributed by atoms with van der Waals surface area (Å²) in [6, 6.07) is 14.3. The van der Waals surface area contributed by atoms with Gasteiger partial charge in [0.1, 0.15) is 12.4 Å². The van der Waals surface area contributed by atoms with E-state index in [0.717, 1.165) is 42.8 Å². The molecule has 10 nitrogen and oxygen atoms in total. The van der Waals surface area contributed by atoms with E-state index in [0.29, 0.717) is 0 Å². The van der Waals surface area contributed by atoms with Crippen LogP contribution in [0.3, 0.4) is 0 Å². The van der Waals surface area contributed by atoms with E-state index < -0.39 is 55.7 Å². The van der Waals surface area contributed by atoms with Crippen LogP contribution < -0.4 is 4.74 Å². The Morgan fingerprint density at radius 1 is 0.804 bits per heavy atom. The standard InChI is InChI=1S/C31H26F3NO9S2/c1-19-25(29(37)44-21-10-14-23(15-11-21)46(3,41)42)18-35(27(19)24-6-4-5-7-26(24)31(32,33)34)16-17-43-30(38)28(36)20-8-12-22(13-9-20)45(2,39)40/h4-15,18H,16-17H2,1-3H3. The Labute approximate surface area is 262 Å². The van der Waals surface area contributed by atoms with Gasteiger partial charge in [0.15, 0.2) is 19.7 Å². The van der Waals surface area contributed by atoms with Gasteiger partial charge >= 0.3 is 18.1 Å². The highest BCUT2D eigenvalue weighted by Crippen LogP contribution is 2.39. The lowest BCUT2D eigenvalue weighted by molar-refractivity contribution is -0.138. The van der Waals surface area contributed by atoms with Crippen LogP contribution in [0.4, 0.5) is 13.2 Å². The summed E-state index contributed by atoms with van der Waals surface area (Å²) in [6.07, 6.45) is -1.55. The van der Waals surface area contributed by atoms with Gasteiger partial charge in [-0.25, -0.2) is 26.4 Å². The molecule has 3 aromatic carbocycles. The van der Waals surface area contributed by atoms with Crippen LogP contribution in [0, 0.1) is 6.92 Å². The zero-order chi connectivity index (χ0) is 34.0. The van der Waals surface area contributed by atoms with Crippen LogP contribution in [0.25, 0.3) is 11.3 Å². The molecule has 0 amide bonds. The van der Waals surface area contributed by atoms with E-state index in [1.807, 2.05) is 0 Å². The maximum Gasteiger partial charge on any atom is 0.417 e. The van der Waals surface area contributed by atoms with Crippen LogP contribution in [0.2, 0.25) is 0 Å². The molecule has 0 aliphatic heterocycles. The molecule has 0 saturated carbocycles. The smallest absolute Gasteiger partial charge is 0.417 e. The Hall–Kier alpha value is -4.76. The Morgan fingerprint density at radius 3 is 1.89 bits per heavy atom. The van der Waals surface area contributed by atoms with Gasteiger partial charge in [-0.2, -0.15) is 13.2 Å². The fourth-order valence-electron chi connectivity index (χ4n) is 4.53. The first kappa shape index (κ1) is 34.1. The highest BCUT2D eigenvalue weighted by Gasteiger charge is 2.35. The minimum atomic E-state index is -4.76. The molecule has 0 unspecified atom stereocenters. The van der Waals surface area contributed by atoms with Gasteiger partial charge in [0.25, 0.3) is 5.78 Å². The summed E-state index contributed by atoms with van der Waals surface area (Å²) in [6.45, 7) is 0.658. The second-order valence-electron chi connectivity index (χ2n) is 10.1. The number of ketones is 1. The molecule has 242 valence electrons. The molecule has 1 heterocycles. The van der Waals surface area contributed by atoms with Crippen molar-refractivity contribution >= 4 is 37.4 Å². The molecule has 0 aliphatic carbocycles. The highest BCUT2D eigenvalue weighted by molar-refractivity contribution is 7.91. The fourth-order valence-corrected chi connectivity index (χ4v) is 5.79. The first-order valence-electron chi connectivity index (χ1n) is 13.3. The molecule has 1 aromatic heterocycles. The van der Waals surface area contributed by atoms with Crippen LogP contribution in [0.15, 0.2) is 88.8 Å². The van der Waals surface area contributed by atoms with Crippen molar-refractivity contribution in [3.05, 3.63) is 101 Å². The van der Waals surface area contributed by atoms with Crippen LogP contribution in [-0.2, 0) is 41.9 Å². The summed E-state index contributed by atoms with van der Waals surface area (Å²) >= 11 is 0. The molecule has 4 rings (SSSR count). The van der Waals surface area contributed by atoms with Crippen molar-refractivity contribution in [1.82, 2.24) is 4.57 Å². The van der Waals surface area contributed by atoms with Crippen LogP contribution >= 0.6 is 0 Å². The Bertz CT molecular complexity index is 2030. The summed E-state index contributed by atoms with van der Waals surface area (Å²) in [5.41, 5.74) is -1.42. The van der Waals surface area contributed by atoms with Gasteiger partial charge in [-0.1, -0.05) is 18.2 Å². The molecule has 0 fully saturated rings. The molecule has 46 heavy (non-hydrogen) atoms. The lowest BCUT2D eigenvalue weighted by Gasteiger charge is -2.16. The van der Waals surface area contributed by atoms with Gasteiger partial charge in [0, 0.05) is 29.8 Å². The molecular formula is C31H26F3NO9S2. The highest BCUT2D eigenvalue weighted by atomic mass is 32.2. The van der Waals surface area contributed by atoms with Gasteiger partial charge in [-0.3, -0.25) is 4.79 Å². The predicted octanol–water partition coefficient (Wildman–Crippen LogP) is 4.93. The molecule has 0 saturated heterocycles. The third-order valence-electron chi connectivity index (χ3n) is 6.80. The van der Waals surface area contributed by atoms with Crippen molar-refractivity contribution < 1.29 is 53.9 Å². The van der Waals surface area contributed by atoms with Crippen LogP contribution in [0.1, 0.15) is 31.8 Å². The van der Waals surface area contributed by atoms with E-state index in [-0.39, 0.29) is 50.0 Å². The monoisotopic (exact) mass is 677 g/mol. The van der Waals surface area contributed by atoms with E-state index >= 15 is 0 Å². The average molecular weight is 678 g/mol. The van der Waals surface area contributed by atoms with Crippen LogP contribution in [0.5, 0.6) is 5.75 Å². The van der Waals surface area contributed by atoms with Crippen molar-refractivity contribution in [2.24, 2.45) is 0 Å². The molecule has 15 heteroatoms. The van der Waals surface area contributed by atoms with Crippen molar-refractivity contribution in [2.45, 2.75) is 29.4 Å². The molecule has 0 atom stereocenters. The number of esters is 2. The number of benzene rings is 3. The molecule has 0 bridgehead atoms. The average Bonchev–Trinajstić information content (AvgIpc) is 3.31. The zero-order valence-corrected chi connectivity index (χ0v) is 26.1. The number of hydrogen-bond acceptors (Lipinski definition) is 9. The second-order valence-corrected chi connectivity index (χ2v) is 14.2. The number of alkyl halides is 3. The summed E-state index contributed by atoms with van der Waals surface area (Å²) in [7, 11) is -7.05. The maximum atomic E-state index is 14.0. The summed E-state index contributed by atoms with van der Waals surface area (Å²) in [5, 5.41) is 0. The van der Waals surface area contributed by atoms with E-state index in [1.54, 1.807) is 0 Å².